The normalized spacial score (nSPS) is 11.3. The first kappa shape index (κ1) is 20.2. The fraction of sp³-hybridized carbons (Fsp3) is 0.846. The Hall–Kier alpha value is -1.14. The SMILES string of the molecule is CC(CO)CCCO.O=C(O)CCCCCC(=O)O. The summed E-state index contributed by atoms with van der Waals surface area (Å²) in [5.41, 5.74) is 0. The van der Waals surface area contributed by atoms with E-state index in [1.54, 1.807) is 0 Å². The zero-order chi connectivity index (χ0) is 15.1. The molecular weight excluding hydrogens is 252 g/mol. The van der Waals surface area contributed by atoms with Gasteiger partial charge < -0.3 is 20.4 Å². The van der Waals surface area contributed by atoms with Gasteiger partial charge in [0, 0.05) is 26.1 Å². The van der Waals surface area contributed by atoms with Crippen molar-refractivity contribution in [1.29, 1.82) is 0 Å². The van der Waals surface area contributed by atoms with E-state index in [1.165, 1.54) is 0 Å². The summed E-state index contributed by atoms with van der Waals surface area (Å²) in [6.07, 6.45) is 3.83. The van der Waals surface area contributed by atoms with E-state index < -0.39 is 11.9 Å². The first-order chi connectivity index (χ1) is 8.93. The highest BCUT2D eigenvalue weighted by atomic mass is 16.4. The van der Waals surface area contributed by atoms with Crippen molar-refractivity contribution in [3.8, 4) is 0 Å². The van der Waals surface area contributed by atoms with Crippen LogP contribution >= 0.6 is 0 Å². The predicted octanol–water partition coefficient (Wildman–Crippen LogP) is 1.49. The molecule has 6 nitrogen and oxygen atoms in total. The summed E-state index contributed by atoms with van der Waals surface area (Å²) in [5.74, 6) is -1.29. The smallest absolute Gasteiger partial charge is 0.303 e. The Kier molecular flexibility index (Phi) is 15.8. The van der Waals surface area contributed by atoms with Crippen LogP contribution in [0.15, 0.2) is 0 Å². The third-order valence-corrected chi connectivity index (χ3v) is 2.45. The number of aliphatic hydroxyl groups excluding tert-OH is 2. The number of rotatable bonds is 10. The van der Waals surface area contributed by atoms with E-state index in [0.29, 0.717) is 25.2 Å². The minimum atomic E-state index is -0.819. The molecule has 0 fully saturated rings. The van der Waals surface area contributed by atoms with E-state index in [2.05, 4.69) is 0 Å². The standard InChI is InChI=1S/C7H12O4.C6H14O2/c8-6(9)4-2-1-3-5-7(10)11;1-6(5-8)3-2-4-7/h1-5H2,(H,8,9)(H,10,11);6-8H,2-5H2,1H3. The highest BCUT2D eigenvalue weighted by Crippen LogP contribution is 2.02. The van der Waals surface area contributed by atoms with E-state index in [4.69, 9.17) is 20.4 Å². The zero-order valence-electron chi connectivity index (χ0n) is 11.5. The van der Waals surface area contributed by atoms with Crippen molar-refractivity contribution in [2.24, 2.45) is 5.92 Å². The second-order valence-electron chi connectivity index (χ2n) is 4.50. The van der Waals surface area contributed by atoms with Crippen LogP contribution in [0, 0.1) is 5.92 Å². The third-order valence-electron chi connectivity index (χ3n) is 2.45. The maximum atomic E-state index is 9.98. The Morgan fingerprint density at radius 1 is 0.895 bits per heavy atom. The van der Waals surface area contributed by atoms with Gasteiger partial charge in [0.2, 0.25) is 0 Å². The molecule has 0 aliphatic heterocycles. The summed E-state index contributed by atoms with van der Waals surface area (Å²) in [6, 6.07) is 0. The van der Waals surface area contributed by atoms with E-state index >= 15 is 0 Å². The van der Waals surface area contributed by atoms with Crippen LogP contribution in [0.3, 0.4) is 0 Å². The van der Waals surface area contributed by atoms with Crippen molar-refractivity contribution in [3.05, 3.63) is 0 Å². The molecule has 0 amide bonds. The molecule has 0 rings (SSSR count). The van der Waals surface area contributed by atoms with Gasteiger partial charge in [-0.25, -0.2) is 0 Å². The molecule has 0 aromatic carbocycles. The van der Waals surface area contributed by atoms with Gasteiger partial charge in [-0.3, -0.25) is 9.59 Å². The van der Waals surface area contributed by atoms with Crippen LogP contribution in [0.25, 0.3) is 0 Å². The number of carboxylic acid groups (broad SMARTS) is 2. The number of aliphatic hydroxyl groups is 2. The van der Waals surface area contributed by atoms with Gasteiger partial charge in [-0.1, -0.05) is 13.3 Å². The van der Waals surface area contributed by atoms with Gasteiger partial charge in [0.25, 0.3) is 0 Å². The molecule has 0 saturated carbocycles. The second kappa shape index (κ2) is 14.9. The van der Waals surface area contributed by atoms with Gasteiger partial charge in [-0.15, -0.1) is 0 Å². The van der Waals surface area contributed by atoms with Gasteiger partial charge in [0.15, 0.2) is 0 Å². The Morgan fingerprint density at radius 2 is 1.37 bits per heavy atom. The summed E-state index contributed by atoms with van der Waals surface area (Å²) < 4.78 is 0. The van der Waals surface area contributed by atoms with Crippen molar-refractivity contribution < 1.29 is 30.0 Å². The Labute approximate surface area is 114 Å². The molecule has 4 N–H and O–H groups in total. The number of unbranched alkanes of at least 4 members (excludes halogenated alkanes) is 2. The van der Waals surface area contributed by atoms with E-state index in [-0.39, 0.29) is 26.1 Å². The van der Waals surface area contributed by atoms with Crippen LogP contribution in [-0.4, -0.2) is 45.6 Å². The lowest BCUT2D eigenvalue weighted by atomic mass is 10.1. The van der Waals surface area contributed by atoms with E-state index in [1.807, 2.05) is 6.92 Å². The summed E-state index contributed by atoms with van der Waals surface area (Å²) in [5, 5.41) is 33.2. The highest BCUT2D eigenvalue weighted by molar-refractivity contribution is 5.67. The number of aliphatic carboxylic acids is 2. The number of carbonyl (C=O) groups is 2. The van der Waals surface area contributed by atoms with Crippen molar-refractivity contribution in [2.45, 2.75) is 51.9 Å². The van der Waals surface area contributed by atoms with Crippen LogP contribution in [0.2, 0.25) is 0 Å². The Bertz CT molecular complexity index is 213. The maximum Gasteiger partial charge on any atom is 0.303 e. The molecule has 114 valence electrons. The van der Waals surface area contributed by atoms with Crippen molar-refractivity contribution in [3.63, 3.8) is 0 Å². The lowest BCUT2D eigenvalue weighted by Gasteiger charge is -2.03. The summed E-state index contributed by atoms with van der Waals surface area (Å²) >= 11 is 0. The van der Waals surface area contributed by atoms with Crippen LogP contribution in [0.1, 0.15) is 51.9 Å². The lowest BCUT2D eigenvalue weighted by molar-refractivity contribution is -0.137. The first-order valence-corrected chi connectivity index (χ1v) is 6.59. The third kappa shape index (κ3) is 22.5. The predicted molar refractivity (Wildman–Crippen MR) is 70.9 cm³/mol. The largest absolute Gasteiger partial charge is 0.481 e. The molecule has 0 aliphatic rings. The number of hydrogen-bond acceptors (Lipinski definition) is 4. The van der Waals surface area contributed by atoms with Gasteiger partial charge in [-0.05, 0) is 31.6 Å². The molecule has 0 radical (unpaired) electrons. The molecule has 0 bridgehead atoms. The Balaban J connectivity index is 0. The van der Waals surface area contributed by atoms with Gasteiger partial charge >= 0.3 is 11.9 Å². The van der Waals surface area contributed by atoms with Crippen LogP contribution < -0.4 is 0 Å². The highest BCUT2D eigenvalue weighted by Gasteiger charge is 1.98. The molecule has 0 aromatic rings. The molecular formula is C13H26O6. The molecule has 0 heterocycles. The Morgan fingerprint density at radius 3 is 1.68 bits per heavy atom. The zero-order valence-corrected chi connectivity index (χ0v) is 11.5. The quantitative estimate of drug-likeness (QED) is 0.450. The first-order valence-electron chi connectivity index (χ1n) is 6.59. The maximum absolute atomic E-state index is 9.98. The van der Waals surface area contributed by atoms with Gasteiger partial charge in [0.05, 0.1) is 0 Å². The minimum Gasteiger partial charge on any atom is -0.481 e. The molecule has 0 saturated heterocycles. The van der Waals surface area contributed by atoms with Crippen molar-refractivity contribution >= 4 is 11.9 Å². The fourth-order valence-electron chi connectivity index (χ4n) is 1.26. The van der Waals surface area contributed by atoms with Crippen LogP contribution in [0.5, 0.6) is 0 Å². The van der Waals surface area contributed by atoms with Gasteiger partial charge in [-0.2, -0.15) is 0 Å². The topological polar surface area (TPSA) is 115 Å². The average molecular weight is 278 g/mol. The molecule has 0 aliphatic carbocycles. The summed E-state index contributed by atoms with van der Waals surface area (Å²) in [4.78, 5) is 20.0. The summed E-state index contributed by atoms with van der Waals surface area (Å²) in [6.45, 7) is 2.44. The monoisotopic (exact) mass is 278 g/mol. The average Bonchev–Trinajstić information content (AvgIpc) is 2.35. The van der Waals surface area contributed by atoms with Crippen LogP contribution in [-0.2, 0) is 9.59 Å². The van der Waals surface area contributed by atoms with Crippen molar-refractivity contribution in [2.75, 3.05) is 13.2 Å². The molecule has 0 spiro atoms. The molecule has 1 unspecified atom stereocenters. The van der Waals surface area contributed by atoms with Crippen LogP contribution in [0.4, 0.5) is 0 Å². The lowest BCUT2D eigenvalue weighted by Crippen LogP contribution is -2.00. The number of hydrogen-bond donors (Lipinski definition) is 4. The van der Waals surface area contributed by atoms with Gasteiger partial charge in [0.1, 0.15) is 0 Å². The van der Waals surface area contributed by atoms with E-state index in [0.717, 1.165) is 12.8 Å². The molecule has 19 heavy (non-hydrogen) atoms. The fourth-order valence-corrected chi connectivity index (χ4v) is 1.26. The molecule has 6 heteroatoms. The minimum absolute atomic E-state index is 0.139. The summed E-state index contributed by atoms with van der Waals surface area (Å²) in [7, 11) is 0. The van der Waals surface area contributed by atoms with E-state index in [9.17, 15) is 9.59 Å². The van der Waals surface area contributed by atoms with Crippen molar-refractivity contribution in [1.82, 2.24) is 0 Å². The number of carboxylic acids is 2. The molecule has 1 atom stereocenters. The molecule has 0 aromatic heterocycles. The second-order valence-corrected chi connectivity index (χ2v) is 4.50.